The van der Waals surface area contributed by atoms with Gasteiger partial charge in [0.2, 0.25) is 0 Å². The third-order valence-electron chi connectivity index (χ3n) is 3.15. The summed E-state index contributed by atoms with van der Waals surface area (Å²) in [6.45, 7) is 2.01. The van der Waals surface area contributed by atoms with E-state index in [4.69, 9.17) is 27.9 Å². The van der Waals surface area contributed by atoms with Crippen molar-refractivity contribution < 1.29 is 4.74 Å². The summed E-state index contributed by atoms with van der Waals surface area (Å²) in [5.74, 6) is 0.863. The largest absolute Gasteiger partial charge is 0.496 e. The molecule has 0 bridgehead atoms. The molecule has 0 aliphatic carbocycles. The second-order valence-corrected chi connectivity index (χ2v) is 5.43. The molecule has 0 fully saturated rings. The van der Waals surface area contributed by atoms with Gasteiger partial charge in [0.15, 0.2) is 0 Å². The lowest BCUT2D eigenvalue weighted by atomic mass is 10.0. The molecule has 1 nitrogen and oxygen atoms in total. The lowest BCUT2D eigenvalue weighted by Crippen LogP contribution is -1.98. The van der Waals surface area contributed by atoms with Crippen LogP contribution in [0.1, 0.15) is 22.1 Å². The van der Waals surface area contributed by atoms with Gasteiger partial charge in [-0.3, -0.25) is 0 Å². The lowest BCUT2D eigenvalue weighted by molar-refractivity contribution is 0.411. The number of ether oxygens (including phenoxy) is 1. The quantitative estimate of drug-likeness (QED) is 0.706. The minimum absolute atomic E-state index is 0.116. The van der Waals surface area contributed by atoms with Crippen molar-refractivity contribution in [2.75, 3.05) is 7.11 Å². The molecule has 0 spiro atoms. The zero-order chi connectivity index (χ0) is 13.8. The van der Waals surface area contributed by atoms with Crippen LogP contribution in [0.25, 0.3) is 0 Å². The molecule has 0 saturated carbocycles. The maximum absolute atomic E-state index is 6.48. The maximum Gasteiger partial charge on any atom is 0.122 e. The van der Waals surface area contributed by atoms with Gasteiger partial charge in [-0.05, 0) is 42.2 Å². The molecule has 0 N–H and O–H groups in total. The van der Waals surface area contributed by atoms with Gasteiger partial charge in [-0.25, -0.2) is 0 Å². The van der Waals surface area contributed by atoms with Crippen LogP contribution >= 0.6 is 23.2 Å². The van der Waals surface area contributed by atoms with Crippen LogP contribution in [0.15, 0.2) is 42.5 Å². The van der Waals surface area contributed by atoms with Crippen LogP contribution in [0.5, 0.6) is 5.75 Å². The van der Waals surface area contributed by atoms with E-state index >= 15 is 0 Å². The van der Waals surface area contributed by atoms with Crippen LogP contribution in [0, 0.1) is 6.92 Å². The summed E-state index contributed by atoms with van der Waals surface area (Å²) in [6.07, 6.45) is 0.702. The summed E-state index contributed by atoms with van der Waals surface area (Å²) < 4.78 is 5.33. The van der Waals surface area contributed by atoms with Crippen LogP contribution in [0.3, 0.4) is 0 Å². The van der Waals surface area contributed by atoms with Gasteiger partial charge in [-0.2, -0.15) is 0 Å². The Morgan fingerprint density at radius 2 is 1.89 bits per heavy atom. The van der Waals surface area contributed by atoms with Gasteiger partial charge < -0.3 is 4.74 Å². The summed E-state index contributed by atoms with van der Waals surface area (Å²) in [7, 11) is 1.67. The number of alkyl halides is 1. The van der Waals surface area contributed by atoms with E-state index in [9.17, 15) is 0 Å². The highest BCUT2D eigenvalue weighted by molar-refractivity contribution is 6.31. The van der Waals surface area contributed by atoms with Gasteiger partial charge in [0.1, 0.15) is 5.75 Å². The second kappa shape index (κ2) is 6.31. The van der Waals surface area contributed by atoms with Gasteiger partial charge in [-0.15, -0.1) is 11.6 Å². The minimum Gasteiger partial charge on any atom is -0.496 e. The normalized spacial score (nSPS) is 12.2. The fourth-order valence-electron chi connectivity index (χ4n) is 2.01. The Kier molecular flexibility index (Phi) is 4.73. The molecule has 2 aromatic rings. The van der Waals surface area contributed by atoms with E-state index in [-0.39, 0.29) is 5.38 Å². The van der Waals surface area contributed by atoms with E-state index in [1.165, 1.54) is 0 Å². The number of halogens is 2. The highest BCUT2D eigenvalue weighted by Gasteiger charge is 2.12. The number of rotatable bonds is 4. The first-order valence-corrected chi connectivity index (χ1v) is 6.95. The predicted octanol–water partition coefficient (Wildman–Crippen LogP) is 5.18. The molecule has 1 atom stereocenters. The Labute approximate surface area is 124 Å². The number of hydrogen-bond donors (Lipinski definition) is 0. The highest BCUT2D eigenvalue weighted by atomic mass is 35.5. The van der Waals surface area contributed by atoms with Gasteiger partial charge in [-0.1, -0.05) is 41.9 Å². The molecule has 0 heterocycles. The first-order chi connectivity index (χ1) is 9.11. The molecule has 1 unspecified atom stereocenters. The molecule has 0 saturated heterocycles. The smallest absolute Gasteiger partial charge is 0.122 e. The van der Waals surface area contributed by atoms with Crippen LogP contribution < -0.4 is 4.74 Å². The third-order valence-corrected chi connectivity index (χ3v) is 3.93. The summed E-state index contributed by atoms with van der Waals surface area (Å²) in [6, 6.07) is 13.8. The van der Waals surface area contributed by atoms with E-state index in [2.05, 4.69) is 0 Å². The predicted molar refractivity (Wildman–Crippen MR) is 81.5 cm³/mol. The molecular formula is C16H16Cl2O. The van der Waals surface area contributed by atoms with Crippen molar-refractivity contribution in [2.24, 2.45) is 0 Å². The zero-order valence-electron chi connectivity index (χ0n) is 11.0. The molecule has 2 rings (SSSR count). The van der Waals surface area contributed by atoms with E-state index in [0.29, 0.717) is 6.42 Å². The van der Waals surface area contributed by atoms with E-state index in [0.717, 1.165) is 27.5 Å². The summed E-state index contributed by atoms with van der Waals surface area (Å²) in [4.78, 5) is 0. The van der Waals surface area contributed by atoms with E-state index in [1.54, 1.807) is 7.11 Å². The summed E-state index contributed by atoms with van der Waals surface area (Å²) in [5, 5.41) is 0.640. The van der Waals surface area contributed by atoms with Gasteiger partial charge in [0, 0.05) is 5.02 Å². The third kappa shape index (κ3) is 3.43. The van der Waals surface area contributed by atoms with Gasteiger partial charge >= 0.3 is 0 Å². The molecule has 0 radical (unpaired) electrons. The summed E-state index contributed by atoms with van der Waals surface area (Å²) >= 11 is 12.6. The maximum atomic E-state index is 6.48. The van der Waals surface area contributed by atoms with Crippen LogP contribution in [-0.2, 0) is 6.42 Å². The molecule has 0 aliphatic heterocycles. The van der Waals surface area contributed by atoms with Crippen molar-refractivity contribution >= 4 is 23.2 Å². The van der Waals surface area contributed by atoms with Crippen molar-refractivity contribution in [1.29, 1.82) is 0 Å². The van der Waals surface area contributed by atoms with Crippen molar-refractivity contribution in [1.82, 2.24) is 0 Å². The van der Waals surface area contributed by atoms with Crippen molar-refractivity contribution in [3.8, 4) is 5.75 Å². The molecule has 3 heteroatoms. The average molecular weight is 295 g/mol. The average Bonchev–Trinajstić information content (AvgIpc) is 2.42. The number of benzene rings is 2. The SMILES string of the molecule is COc1cc(C(Cl)Cc2ccccc2Cl)ccc1C. The number of aryl methyl sites for hydroxylation is 1. The first kappa shape index (κ1) is 14.2. The molecule has 0 aliphatic rings. The molecular weight excluding hydrogens is 279 g/mol. The monoisotopic (exact) mass is 294 g/mol. The van der Waals surface area contributed by atoms with Crippen molar-refractivity contribution in [2.45, 2.75) is 18.7 Å². The Bertz CT molecular complexity index is 566. The Morgan fingerprint density at radius 3 is 2.58 bits per heavy atom. The second-order valence-electron chi connectivity index (χ2n) is 4.49. The van der Waals surface area contributed by atoms with Gasteiger partial charge in [0.25, 0.3) is 0 Å². The highest BCUT2D eigenvalue weighted by Crippen LogP contribution is 2.31. The Morgan fingerprint density at radius 1 is 1.16 bits per heavy atom. The molecule has 19 heavy (non-hydrogen) atoms. The standard InChI is InChI=1S/C16H16Cl2O/c1-11-7-8-13(10-16(11)19-2)15(18)9-12-5-3-4-6-14(12)17/h3-8,10,15H,9H2,1-2H3. The minimum atomic E-state index is -0.116. The Balaban J connectivity index is 2.20. The van der Waals surface area contributed by atoms with Crippen LogP contribution in [0.2, 0.25) is 5.02 Å². The summed E-state index contributed by atoms with van der Waals surface area (Å²) in [5.41, 5.74) is 3.21. The topological polar surface area (TPSA) is 9.23 Å². The van der Waals surface area contributed by atoms with Gasteiger partial charge in [0.05, 0.1) is 12.5 Å². The lowest BCUT2D eigenvalue weighted by Gasteiger charge is -2.13. The molecule has 0 amide bonds. The van der Waals surface area contributed by atoms with Crippen molar-refractivity contribution in [3.05, 3.63) is 64.2 Å². The number of methoxy groups -OCH3 is 1. The van der Waals surface area contributed by atoms with E-state index in [1.807, 2.05) is 49.4 Å². The fourth-order valence-corrected chi connectivity index (χ4v) is 2.52. The van der Waals surface area contributed by atoms with Crippen LogP contribution in [-0.4, -0.2) is 7.11 Å². The zero-order valence-corrected chi connectivity index (χ0v) is 12.5. The van der Waals surface area contributed by atoms with E-state index < -0.39 is 0 Å². The number of hydrogen-bond acceptors (Lipinski definition) is 1. The first-order valence-electron chi connectivity index (χ1n) is 6.14. The molecule has 2 aromatic carbocycles. The van der Waals surface area contributed by atoms with Crippen molar-refractivity contribution in [3.63, 3.8) is 0 Å². The molecule has 0 aromatic heterocycles. The Hall–Kier alpha value is -1.18. The van der Waals surface area contributed by atoms with Crippen LogP contribution in [0.4, 0.5) is 0 Å². The molecule has 100 valence electrons. The fraction of sp³-hybridized carbons (Fsp3) is 0.250.